The first-order valence-corrected chi connectivity index (χ1v) is 6.00. The molecule has 0 bridgehead atoms. The number of aliphatic carboxylic acids is 1. The zero-order valence-electron chi connectivity index (χ0n) is 10.2. The Balaban J connectivity index is 2.12. The van der Waals surface area contributed by atoms with Crippen LogP contribution in [0.25, 0.3) is 0 Å². The predicted octanol–water partition coefficient (Wildman–Crippen LogP) is 2.12. The third-order valence-electron chi connectivity index (χ3n) is 2.59. The summed E-state index contributed by atoms with van der Waals surface area (Å²) in [4.78, 5) is 20.5. The topological polar surface area (TPSA) is 98.3 Å². The van der Waals surface area contributed by atoms with Crippen LogP contribution in [0.2, 0.25) is 5.02 Å². The third kappa shape index (κ3) is 3.33. The monoisotopic (exact) mass is 295 g/mol. The van der Waals surface area contributed by atoms with Gasteiger partial charge in [-0.25, -0.2) is 0 Å². The summed E-state index contributed by atoms with van der Waals surface area (Å²) in [6, 6.07) is 6.89. The molecule has 1 aromatic heterocycles. The fourth-order valence-corrected chi connectivity index (χ4v) is 1.94. The number of carboxylic acids is 1. The number of hydrogen-bond acceptors (Lipinski definition) is 4. The van der Waals surface area contributed by atoms with E-state index in [0.717, 1.165) is 5.56 Å². The Bertz CT molecular complexity index is 651. The Morgan fingerprint density at radius 3 is 2.45 bits per heavy atom. The number of nitrogens with zero attached hydrogens (tertiary/aromatic N) is 3. The van der Waals surface area contributed by atoms with E-state index in [-0.39, 0.29) is 17.3 Å². The maximum Gasteiger partial charge on any atom is 0.408 e. The molecule has 0 amide bonds. The second-order valence-corrected chi connectivity index (χ2v) is 4.55. The van der Waals surface area contributed by atoms with E-state index in [2.05, 4.69) is 5.10 Å². The van der Waals surface area contributed by atoms with E-state index in [4.69, 9.17) is 16.7 Å². The van der Waals surface area contributed by atoms with Crippen LogP contribution >= 0.6 is 11.6 Å². The van der Waals surface area contributed by atoms with Crippen molar-refractivity contribution >= 4 is 23.4 Å². The molecule has 0 aliphatic heterocycles. The summed E-state index contributed by atoms with van der Waals surface area (Å²) >= 11 is 5.70. The summed E-state index contributed by atoms with van der Waals surface area (Å²) in [6.07, 6.45) is 1.34. The van der Waals surface area contributed by atoms with Gasteiger partial charge in [0.15, 0.2) is 5.02 Å². The van der Waals surface area contributed by atoms with E-state index in [1.165, 1.54) is 10.9 Å². The van der Waals surface area contributed by atoms with E-state index in [0.29, 0.717) is 12.1 Å². The van der Waals surface area contributed by atoms with Crippen LogP contribution in [0.1, 0.15) is 11.1 Å². The lowest BCUT2D eigenvalue weighted by Crippen LogP contribution is -2.03. The lowest BCUT2D eigenvalue weighted by atomic mass is 10.1. The van der Waals surface area contributed by atoms with Gasteiger partial charge in [-0.05, 0) is 16.1 Å². The molecule has 0 saturated heterocycles. The summed E-state index contributed by atoms with van der Waals surface area (Å²) in [7, 11) is 0. The van der Waals surface area contributed by atoms with Gasteiger partial charge in [-0.15, -0.1) is 0 Å². The average molecular weight is 296 g/mol. The van der Waals surface area contributed by atoms with Crippen molar-refractivity contribution in [1.82, 2.24) is 9.78 Å². The van der Waals surface area contributed by atoms with Crippen molar-refractivity contribution in [2.24, 2.45) is 0 Å². The minimum atomic E-state index is -0.896. The van der Waals surface area contributed by atoms with Crippen molar-refractivity contribution in [3.8, 4) is 0 Å². The molecule has 0 aliphatic rings. The molecule has 7 nitrogen and oxygen atoms in total. The number of nitro groups is 1. The molecule has 2 rings (SSSR count). The molecule has 0 unspecified atom stereocenters. The van der Waals surface area contributed by atoms with Crippen molar-refractivity contribution in [2.75, 3.05) is 0 Å². The number of carboxylic acid groups (broad SMARTS) is 1. The quantitative estimate of drug-likeness (QED) is 0.673. The smallest absolute Gasteiger partial charge is 0.408 e. The van der Waals surface area contributed by atoms with Crippen molar-refractivity contribution in [3.05, 3.63) is 56.7 Å². The van der Waals surface area contributed by atoms with Crippen LogP contribution in [0.4, 0.5) is 5.82 Å². The number of rotatable bonds is 5. The van der Waals surface area contributed by atoms with E-state index in [1.54, 1.807) is 24.3 Å². The second kappa shape index (κ2) is 5.70. The minimum Gasteiger partial charge on any atom is -0.481 e. The standard InChI is InChI=1S/C12H10ClN3O4/c13-10-7-15(14-12(10)16(19)20)6-9-3-1-8(2-4-9)5-11(17)18/h1-4,7H,5-6H2,(H,17,18). The molecule has 0 spiro atoms. The van der Waals surface area contributed by atoms with Crippen molar-refractivity contribution < 1.29 is 14.8 Å². The van der Waals surface area contributed by atoms with E-state index in [9.17, 15) is 14.9 Å². The Hall–Kier alpha value is -2.41. The van der Waals surface area contributed by atoms with E-state index >= 15 is 0 Å². The highest BCUT2D eigenvalue weighted by Crippen LogP contribution is 2.21. The molecule has 2 aromatic rings. The van der Waals surface area contributed by atoms with Gasteiger partial charge in [0, 0.05) is 0 Å². The lowest BCUT2D eigenvalue weighted by Gasteiger charge is -2.01. The number of carbonyl (C=O) groups is 1. The van der Waals surface area contributed by atoms with Crippen LogP contribution in [-0.4, -0.2) is 25.8 Å². The van der Waals surface area contributed by atoms with Gasteiger partial charge >= 0.3 is 11.8 Å². The molecular weight excluding hydrogens is 286 g/mol. The highest BCUT2D eigenvalue weighted by Gasteiger charge is 2.18. The predicted molar refractivity (Wildman–Crippen MR) is 70.8 cm³/mol. The zero-order chi connectivity index (χ0) is 14.7. The summed E-state index contributed by atoms with van der Waals surface area (Å²) in [5.41, 5.74) is 1.53. The molecule has 1 N–H and O–H groups in total. The van der Waals surface area contributed by atoms with Gasteiger partial charge in [-0.2, -0.15) is 4.68 Å². The highest BCUT2D eigenvalue weighted by atomic mass is 35.5. The van der Waals surface area contributed by atoms with Crippen LogP contribution in [0.5, 0.6) is 0 Å². The number of benzene rings is 1. The Labute approximate surface area is 118 Å². The Kier molecular flexibility index (Phi) is 3.99. The van der Waals surface area contributed by atoms with Gasteiger partial charge in [0.05, 0.1) is 24.3 Å². The zero-order valence-corrected chi connectivity index (χ0v) is 10.9. The lowest BCUT2D eigenvalue weighted by molar-refractivity contribution is -0.389. The summed E-state index contributed by atoms with van der Waals surface area (Å²) < 4.78 is 1.37. The fraction of sp³-hybridized carbons (Fsp3) is 0.167. The number of hydrogen-bond donors (Lipinski definition) is 1. The van der Waals surface area contributed by atoms with Crippen LogP contribution in [0.3, 0.4) is 0 Å². The van der Waals surface area contributed by atoms with Gasteiger partial charge < -0.3 is 15.2 Å². The summed E-state index contributed by atoms with van der Waals surface area (Å²) in [6.45, 7) is 0.320. The first-order chi connectivity index (χ1) is 9.45. The SMILES string of the molecule is O=C(O)Cc1ccc(Cn2cc(Cl)c([N+](=O)[O-])n2)cc1. The molecule has 0 atom stereocenters. The van der Waals surface area contributed by atoms with E-state index in [1.807, 2.05) is 0 Å². The normalized spacial score (nSPS) is 10.4. The fourth-order valence-electron chi connectivity index (χ4n) is 1.72. The molecule has 1 heterocycles. The van der Waals surface area contributed by atoms with Gasteiger partial charge in [-0.3, -0.25) is 4.79 Å². The van der Waals surface area contributed by atoms with Crippen LogP contribution in [-0.2, 0) is 17.8 Å². The van der Waals surface area contributed by atoms with Crippen molar-refractivity contribution in [2.45, 2.75) is 13.0 Å². The van der Waals surface area contributed by atoms with Gasteiger partial charge in [0.25, 0.3) is 0 Å². The molecule has 104 valence electrons. The molecule has 0 saturated carbocycles. The molecule has 0 radical (unpaired) electrons. The first kappa shape index (κ1) is 14.0. The molecule has 8 heteroatoms. The van der Waals surface area contributed by atoms with E-state index < -0.39 is 10.9 Å². The molecule has 0 aliphatic carbocycles. The van der Waals surface area contributed by atoms with Crippen LogP contribution in [0.15, 0.2) is 30.5 Å². The largest absolute Gasteiger partial charge is 0.481 e. The molecule has 20 heavy (non-hydrogen) atoms. The number of aromatic nitrogens is 2. The summed E-state index contributed by atoms with van der Waals surface area (Å²) in [5.74, 6) is -1.28. The molecular formula is C12H10ClN3O4. The Morgan fingerprint density at radius 2 is 1.95 bits per heavy atom. The van der Waals surface area contributed by atoms with Gasteiger partial charge in [0.2, 0.25) is 0 Å². The maximum atomic E-state index is 10.6. The first-order valence-electron chi connectivity index (χ1n) is 5.62. The molecule has 0 fully saturated rings. The second-order valence-electron chi connectivity index (χ2n) is 4.14. The number of halogens is 1. The highest BCUT2D eigenvalue weighted by molar-refractivity contribution is 6.32. The van der Waals surface area contributed by atoms with Crippen molar-refractivity contribution in [3.63, 3.8) is 0 Å². The third-order valence-corrected chi connectivity index (χ3v) is 2.86. The van der Waals surface area contributed by atoms with Crippen LogP contribution < -0.4 is 0 Å². The summed E-state index contributed by atoms with van der Waals surface area (Å²) in [5, 5.41) is 23.0. The Morgan fingerprint density at radius 1 is 1.35 bits per heavy atom. The van der Waals surface area contributed by atoms with Crippen molar-refractivity contribution in [1.29, 1.82) is 0 Å². The van der Waals surface area contributed by atoms with Crippen LogP contribution in [0, 0.1) is 10.1 Å². The minimum absolute atomic E-state index is 0.0162. The average Bonchev–Trinajstić information content (AvgIpc) is 2.72. The maximum absolute atomic E-state index is 10.6. The molecule has 1 aromatic carbocycles. The van der Waals surface area contributed by atoms with Gasteiger partial charge in [-0.1, -0.05) is 35.9 Å². The van der Waals surface area contributed by atoms with Gasteiger partial charge in [0.1, 0.15) is 0 Å².